The van der Waals surface area contributed by atoms with Crippen molar-refractivity contribution in [2.24, 2.45) is 12.0 Å². The molecule has 0 amide bonds. The molecule has 0 unspecified atom stereocenters. The molecule has 2 N–H and O–H groups in total. The number of benzene rings is 1. The fraction of sp³-hybridized carbons (Fsp3) is 0.412. The summed E-state index contributed by atoms with van der Waals surface area (Å²) in [7, 11) is 1.85. The predicted molar refractivity (Wildman–Crippen MR) is 107 cm³/mol. The highest BCUT2D eigenvalue weighted by Gasteiger charge is 2.29. The zero-order valence-electron chi connectivity index (χ0n) is 14.7. The van der Waals surface area contributed by atoms with E-state index in [0.717, 1.165) is 29.8 Å². The van der Waals surface area contributed by atoms with Crippen LogP contribution in [0.5, 0.6) is 0 Å². The van der Waals surface area contributed by atoms with Crippen molar-refractivity contribution < 1.29 is 13.2 Å². The summed E-state index contributed by atoms with van der Waals surface area (Å²) in [5, 5.41) is 10.4. The highest BCUT2D eigenvalue weighted by Crippen LogP contribution is 2.29. The summed E-state index contributed by atoms with van der Waals surface area (Å²) in [4.78, 5) is 4.47. The molecular formula is C17H23F3IN5. The first-order valence-electron chi connectivity index (χ1n) is 8.04. The fourth-order valence-electron chi connectivity index (χ4n) is 2.25. The van der Waals surface area contributed by atoms with E-state index in [1.165, 1.54) is 12.1 Å². The third-order valence-electron chi connectivity index (χ3n) is 3.51. The third-order valence-corrected chi connectivity index (χ3v) is 3.51. The van der Waals surface area contributed by atoms with Gasteiger partial charge in [-0.15, -0.1) is 24.0 Å². The summed E-state index contributed by atoms with van der Waals surface area (Å²) in [5.41, 5.74) is 1.21. The van der Waals surface area contributed by atoms with E-state index in [0.29, 0.717) is 25.5 Å². The van der Waals surface area contributed by atoms with Gasteiger partial charge in [0.1, 0.15) is 0 Å². The Labute approximate surface area is 168 Å². The second-order valence-corrected chi connectivity index (χ2v) is 5.59. The van der Waals surface area contributed by atoms with Crippen molar-refractivity contribution in [2.75, 3.05) is 13.1 Å². The second-order valence-electron chi connectivity index (χ2n) is 5.59. The Hall–Kier alpha value is -1.78. The zero-order chi connectivity index (χ0) is 18.3. The number of rotatable bonds is 6. The molecule has 0 saturated heterocycles. The topological polar surface area (TPSA) is 54.2 Å². The Morgan fingerprint density at radius 1 is 1.15 bits per heavy atom. The van der Waals surface area contributed by atoms with Gasteiger partial charge in [-0.25, -0.2) is 4.99 Å². The van der Waals surface area contributed by atoms with Crippen LogP contribution in [0.25, 0.3) is 0 Å². The van der Waals surface area contributed by atoms with Crippen LogP contribution in [0.4, 0.5) is 13.2 Å². The number of guanidine groups is 1. The Morgan fingerprint density at radius 2 is 1.85 bits per heavy atom. The molecular weight excluding hydrogens is 458 g/mol. The smallest absolute Gasteiger partial charge is 0.357 e. The minimum atomic E-state index is -4.30. The van der Waals surface area contributed by atoms with Crippen LogP contribution in [0.1, 0.15) is 23.6 Å². The first kappa shape index (κ1) is 22.3. The van der Waals surface area contributed by atoms with Gasteiger partial charge in [0.05, 0.1) is 18.3 Å². The predicted octanol–water partition coefficient (Wildman–Crippen LogP) is 3.35. The molecule has 1 heterocycles. The normalized spacial score (nSPS) is 11.8. The van der Waals surface area contributed by atoms with Crippen molar-refractivity contribution >= 4 is 29.9 Å². The molecule has 0 fully saturated rings. The lowest BCUT2D eigenvalue weighted by Crippen LogP contribution is -2.38. The largest absolute Gasteiger partial charge is 0.416 e. The van der Waals surface area contributed by atoms with Crippen LogP contribution in [0.3, 0.4) is 0 Å². The molecule has 26 heavy (non-hydrogen) atoms. The van der Waals surface area contributed by atoms with Gasteiger partial charge in [0.25, 0.3) is 0 Å². The van der Waals surface area contributed by atoms with Crippen molar-refractivity contribution in [3.05, 3.63) is 53.3 Å². The molecule has 0 radical (unpaired) electrons. The number of nitrogens with one attached hydrogen (secondary N) is 2. The Balaban J connectivity index is 0.00000338. The Bertz CT molecular complexity index is 695. The highest BCUT2D eigenvalue weighted by molar-refractivity contribution is 14.0. The van der Waals surface area contributed by atoms with Gasteiger partial charge in [-0.05, 0) is 31.0 Å². The van der Waals surface area contributed by atoms with Crippen molar-refractivity contribution in [2.45, 2.75) is 26.1 Å². The van der Waals surface area contributed by atoms with E-state index in [9.17, 15) is 13.2 Å². The molecule has 1 aromatic carbocycles. The molecule has 0 aliphatic heterocycles. The number of aliphatic imine (C=N–C) groups is 1. The molecule has 1 aromatic heterocycles. The molecule has 5 nitrogen and oxygen atoms in total. The van der Waals surface area contributed by atoms with Crippen LogP contribution < -0.4 is 10.6 Å². The maximum atomic E-state index is 12.5. The lowest BCUT2D eigenvalue weighted by Gasteiger charge is -2.11. The van der Waals surface area contributed by atoms with Gasteiger partial charge in [-0.3, -0.25) is 4.68 Å². The number of hydrogen-bond acceptors (Lipinski definition) is 2. The maximum absolute atomic E-state index is 12.5. The van der Waals surface area contributed by atoms with Crippen molar-refractivity contribution in [1.29, 1.82) is 0 Å². The van der Waals surface area contributed by atoms with Gasteiger partial charge in [0.15, 0.2) is 5.96 Å². The average molecular weight is 481 g/mol. The first-order chi connectivity index (χ1) is 11.9. The second kappa shape index (κ2) is 10.4. The molecule has 0 spiro atoms. The number of aryl methyl sites for hydroxylation is 1. The average Bonchev–Trinajstić information content (AvgIpc) is 2.98. The lowest BCUT2D eigenvalue weighted by molar-refractivity contribution is -0.137. The van der Waals surface area contributed by atoms with Crippen LogP contribution in [0.2, 0.25) is 0 Å². The van der Waals surface area contributed by atoms with E-state index >= 15 is 0 Å². The van der Waals surface area contributed by atoms with E-state index in [1.54, 1.807) is 10.9 Å². The summed E-state index contributed by atoms with van der Waals surface area (Å²) in [6.45, 7) is 3.77. The summed E-state index contributed by atoms with van der Waals surface area (Å²) in [6, 6.07) is 5.22. The molecule has 9 heteroatoms. The summed E-state index contributed by atoms with van der Waals surface area (Å²) in [5.74, 6) is 0.665. The fourth-order valence-corrected chi connectivity index (χ4v) is 2.25. The zero-order valence-corrected chi connectivity index (χ0v) is 17.0. The minimum absolute atomic E-state index is 0. The van der Waals surface area contributed by atoms with Crippen molar-refractivity contribution in [1.82, 2.24) is 20.4 Å². The molecule has 0 bridgehead atoms. The van der Waals surface area contributed by atoms with Crippen LogP contribution in [-0.2, 0) is 26.2 Å². The van der Waals surface area contributed by atoms with Crippen molar-refractivity contribution in [3.8, 4) is 0 Å². The third kappa shape index (κ3) is 7.22. The van der Waals surface area contributed by atoms with Crippen LogP contribution in [0.15, 0.2) is 41.7 Å². The Morgan fingerprint density at radius 3 is 2.38 bits per heavy atom. The SMILES string of the molecule is CCNC(=NCc1cnn(C)c1)NCCc1ccc(C(F)(F)F)cc1.I. The molecule has 0 atom stereocenters. The molecule has 2 rings (SSSR count). The first-order valence-corrected chi connectivity index (χ1v) is 8.04. The van der Waals surface area contributed by atoms with Gasteiger partial charge in [0, 0.05) is 31.9 Å². The molecule has 0 saturated carbocycles. The quantitative estimate of drug-likeness (QED) is 0.378. The van der Waals surface area contributed by atoms with E-state index < -0.39 is 11.7 Å². The molecule has 144 valence electrons. The summed E-state index contributed by atoms with van der Waals surface area (Å²) in [6.07, 6.45) is -0.0338. The number of nitrogens with zero attached hydrogens (tertiary/aromatic N) is 3. The number of alkyl halides is 3. The van der Waals surface area contributed by atoms with E-state index in [1.807, 2.05) is 20.2 Å². The van der Waals surface area contributed by atoms with E-state index in [2.05, 4.69) is 20.7 Å². The van der Waals surface area contributed by atoms with Crippen LogP contribution >= 0.6 is 24.0 Å². The number of halogens is 4. The molecule has 0 aliphatic carbocycles. The maximum Gasteiger partial charge on any atom is 0.416 e. The molecule has 0 aliphatic rings. The molecule has 2 aromatic rings. The summed E-state index contributed by atoms with van der Waals surface area (Å²) < 4.78 is 39.4. The highest BCUT2D eigenvalue weighted by atomic mass is 127. The standard InChI is InChI=1S/C17H22F3N5.HI/c1-3-21-16(23-10-14-11-24-25(2)12-14)22-9-8-13-4-6-15(7-5-13)17(18,19)20;/h4-7,11-12H,3,8-10H2,1-2H3,(H2,21,22,23);1H. The van der Waals surface area contributed by atoms with Gasteiger partial charge < -0.3 is 10.6 Å². The lowest BCUT2D eigenvalue weighted by atomic mass is 10.1. The van der Waals surface area contributed by atoms with Crippen LogP contribution in [-0.4, -0.2) is 28.8 Å². The monoisotopic (exact) mass is 481 g/mol. The number of aromatic nitrogens is 2. The summed E-state index contributed by atoms with van der Waals surface area (Å²) >= 11 is 0. The van der Waals surface area contributed by atoms with Gasteiger partial charge >= 0.3 is 6.18 Å². The van der Waals surface area contributed by atoms with Gasteiger partial charge in [-0.2, -0.15) is 18.3 Å². The van der Waals surface area contributed by atoms with Crippen LogP contribution in [0, 0.1) is 0 Å². The van der Waals surface area contributed by atoms with Gasteiger partial charge in [0.2, 0.25) is 0 Å². The minimum Gasteiger partial charge on any atom is -0.357 e. The van der Waals surface area contributed by atoms with E-state index in [4.69, 9.17) is 0 Å². The Kier molecular flexibility index (Phi) is 8.89. The van der Waals surface area contributed by atoms with E-state index in [-0.39, 0.29) is 24.0 Å². The van der Waals surface area contributed by atoms with Gasteiger partial charge in [-0.1, -0.05) is 12.1 Å². The number of hydrogen-bond donors (Lipinski definition) is 2. The van der Waals surface area contributed by atoms with Crippen molar-refractivity contribution in [3.63, 3.8) is 0 Å².